The number of aliphatic carboxylic acids is 1. The maximum atomic E-state index is 11.0. The van der Waals surface area contributed by atoms with E-state index >= 15 is 0 Å². The number of aromatic nitrogens is 2. The Balaban J connectivity index is 1.61. The summed E-state index contributed by atoms with van der Waals surface area (Å²) in [5, 5.41) is 12.3. The highest BCUT2D eigenvalue weighted by Gasteiger charge is 2.25. The van der Waals surface area contributed by atoms with Crippen LogP contribution in [0.4, 0.5) is 11.8 Å². The topological polar surface area (TPSA) is 78.4 Å². The van der Waals surface area contributed by atoms with Crippen LogP contribution >= 0.6 is 0 Å². The fourth-order valence-electron chi connectivity index (χ4n) is 2.97. The molecule has 2 heterocycles. The summed E-state index contributed by atoms with van der Waals surface area (Å²) in [6, 6.07) is 10.2. The molecule has 1 aliphatic rings. The summed E-state index contributed by atoms with van der Waals surface area (Å²) in [6.07, 6.45) is 3.06. The van der Waals surface area contributed by atoms with E-state index in [1.165, 1.54) is 11.1 Å². The maximum absolute atomic E-state index is 11.0. The van der Waals surface area contributed by atoms with Crippen LogP contribution in [0.25, 0.3) is 0 Å². The van der Waals surface area contributed by atoms with Gasteiger partial charge in [0.25, 0.3) is 0 Å². The lowest BCUT2D eigenvalue weighted by atomic mass is 9.97. The van der Waals surface area contributed by atoms with E-state index in [4.69, 9.17) is 5.11 Å². The van der Waals surface area contributed by atoms with Crippen molar-refractivity contribution < 1.29 is 9.90 Å². The molecule has 1 aromatic carbocycles. The molecule has 0 saturated carbocycles. The van der Waals surface area contributed by atoms with Crippen molar-refractivity contribution in [3.63, 3.8) is 0 Å². The first-order chi connectivity index (χ1) is 11.6. The third-order valence-corrected chi connectivity index (χ3v) is 4.34. The first kappa shape index (κ1) is 16.2. The van der Waals surface area contributed by atoms with Crippen LogP contribution < -0.4 is 10.2 Å². The van der Waals surface area contributed by atoms with Gasteiger partial charge in [0.05, 0.1) is 5.92 Å². The van der Waals surface area contributed by atoms with Gasteiger partial charge in [-0.05, 0) is 31.4 Å². The molecule has 24 heavy (non-hydrogen) atoms. The second kappa shape index (κ2) is 7.29. The molecule has 1 fully saturated rings. The molecular weight excluding hydrogens is 304 g/mol. The van der Waals surface area contributed by atoms with Gasteiger partial charge in [0.2, 0.25) is 5.95 Å². The average Bonchev–Trinajstić information content (AvgIpc) is 2.60. The van der Waals surface area contributed by atoms with Crippen LogP contribution in [0.3, 0.4) is 0 Å². The Morgan fingerprint density at radius 3 is 2.83 bits per heavy atom. The number of hydrogen-bond donors (Lipinski definition) is 2. The largest absolute Gasteiger partial charge is 0.481 e. The van der Waals surface area contributed by atoms with E-state index in [1.807, 2.05) is 12.1 Å². The van der Waals surface area contributed by atoms with Gasteiger partial charge in [-0.15, -0.1) is 0 Å². The Bertz CT molecular complexity index is 712. The summed E-state index contributed by atoms with van der Waals surface area (Å²) in [5.74, 6) is 0.509. The summed E-state index contributed by atoms with van der Waals surface area (Å²) in [6.45, 7) is 4.17. The van der Waals surface area contributed by atoms with Crippen molar-refractivity contribution in [3.05, 3.63) is 47.7 Å². The average molecular weight is 326 g/mol. The van der Waals surface area contributed by atoms with Crippen LogP contribution in [0.2, 0.25) is 0 Å². The Kier molecular flexibility index (Phi) is 4.93. The van der Waals surface area contributed by atoms with Crippen molar-refractivity contribution in [3.8, 4) is 0 Å². The summed E-state index contributed by atoms with van der Waals surface area (Å²) < 4.78 is 0. The molecule has 126 valence electrons. The lowest BCUT2D eigenvalue weighted by Crippen LogP contribution is -2.36. The molecule has 1 saturated heterocycles. The molecule has 3 rings (SSSR count). The van der Waals surface area contributed by atoms with E-state index in [9.17, 15) is 4.79 Å². The van der Waals surface area contributed by atoms with Gasteiger partial charge in [0, 0.05) is 25.8 Å². The molecule has 2 aromatic rings. The molecule has 0 aliphatic carbocycles. The van der Waals surface area contributed by atoms with Crippen LogP contribution in [0.5, 0.6) is 0 Å². The third-order valence-electron chi connectivity index (χ3n) is 4.34. The molecule has 0 spiro atoms. The number of aryl methyl sites for hydroxylation is 1. The SMILES string of the molecule is Cc1cccc(CNc2nccc(N3CCC(C(=O)O)CC3)n2)c1. The number of anilines is 2. The van der Waals surface area contributed by atoms with Gasteiger partial charge >= 0.3 is 5.97 Å². The van der Waals surface area contributed by atoms with Gasteiger partial charge in [0.15, 0.2) is 0 Å². The number of rotatable bonds is 5. The highest BCUT2D eigenvalue weighted by atomic mass is 16.4. The molecule has 6 nitrogen and oxygen atoms in total. The highest BCUT2D eigenvalue weighted by Crippen LogP contribution is 2.22. The highest BCUT2D eigenvalue weighted by molar-refractivity contribution is 5.70. The molecule has 6 heteroatoms. The number of nitrogens with one attached hydrogen (secondary N) is 1. The van der Waals surface area contributed by atoms with E-state index in [0.717, 1.165) is 5.82 Å². The summed E-state index contributed by atoms with van der Waals surface area (Å²) >= 11 is 0. The van der Waals surface area contributed by atoms with Crippen molar-refractivity contribution in [2.24, 2.45) is 5.92 Å². The minimum absolute atomic E-state index is 0.234. The van der Waals surface area contributed by atoms with Gasteiger partial charge in [-0.2, -0.15) is 4.98 Å². The number of hydrogen-bond acceptors (Lipinski definition) is 5. The van der Waals surface area contributed by atoms with Gasteiger partial charge in [-0.3, -0.25) is 4.79 Å². The van der Waals surface area contributed by atoms with E-state index in [0.29, 0.717) is 38.4 Å². The quantitative estimate of drug-likeness (QED) is 0.879. The van der Waals surface area contributed by atoms with Crippen LogP contribution in [0.15, 0.2) is 36.5 Å². The zero-order valence-electron chi connectivity index (χ0n) is 13.8. The number of carboxylic acid groups (broad SMARTS) is 1. The monoisotopic (exact) mass is 326 g/mol. The second-order valence-electron chi connectivity index (χ2n) is 6.18. The lowest BCUT2D eigenvalue weighted by molar-refractivity contribution is -0.142. The van der Waals surface area contributed by atoms with Gasteiger partial charge < -0.3 is 15.3 Å². The zero-order chi connectivity index (χ0) is 16.9. The standard InChI is InChI=1S/C18H22N4O2/c1-13-3-2-4-14(11-13)12-20-18-19-8-5-16(21-18)22-9-6-15(7-10-22)17(23)24/h2-5,8,11,15H,6-7,9-10,12H2,1H3,(H,23,24)(H,19,20,21). The zero-order valence-corrected chi connectivity index (χ0v) is 13.8. The number of piperidine rings is 1. The predicted octanol–water partition coefficient (Wildman–Crippen LogP) is 2.70. The second-order valence-corrected chi connectivity index (χ2v) is 6.18. The molecular formula is C18H22N4O2. The molecule has 1 aliphatic heterocycles. The Morgan fingerprint density at radius 1 is 1.33 bits per heavy atom. The van der Waals surface area contributed by atoms with Crippen molar-refractivity contribution in [2.45, 2.75) is 26.3 Å². The van der Waals surface area contributed by atoms with Crippen molar-refractivity contribution in [1.82, 2.24) is 9.97 Å². The summed E-state index contributed by atoms with van der Waals surface area (Å²) in [5.41, 5.74) is 2.41. The maximum Gasteiger partial charge on any atom is 0.306 e. The lowest BCUT2D eigenvalue weighted by Gasteiger charge is -2.31. The Hall–Kier alpha value is -2.63. The van der Waals surface area contributed by atoms with Crippen LogP contribution in [0.1, 0.15) is 24.0 Å². The molecule has 0 unspecified atom stereocenters. The minimum Gasteiger partial charge on any atom is -0.481 e. The number of nitrogens with zero attached hydrogens (tertiary/aromatic N) is 3. The van der Waals surface area contributed by atoms with Gasteiger partial charge in [0.1, 0.15) is 5.82 Å². The smallest absolute Gasteiger partial charge is 0.306 e. The molecule has 0 amide bonds. The van der Waals surface area contributed by atoms with Crippen LogP contribution in [0, 0.1) is 12.8 Å². The summed E-state index contributed by atoms with van der Waals surface area (Å²) in [7, 11) is 0. The third kappa shape index (κ3) is 4.01. The van der Waals surface area contributed by atoms with E-state index in [-0.39, 0.29) is 5.92 Å². The van der Waals surface area contributed by atoms with Crippen molar-refractivity contribution in [2.75, 3.05) is 23.3 Å². The van der Waals surface area contributed by atoms with Gasteiger partial charge in [-0.25, -0.2) is 4.98 Å². The van der Waals surface area contributed by atoms with Crippen LogP contribution in [-0.2, 0) is 11.3 Å². The molecule has 0 atom stereocenters. The number of benzene rings is 1. The van der Waals surface area contributed by atoms with Crippen molar-refractivity contribution >= 4 is 17.7 Å². The number of carbonyl (C=O) groups is 1. The molecule has 0 radical (unpaired) electrons. The first-order valence-electron chi connectivity index (χ1n) is 8.22. The normalized spacial score (nSPS) is 15.3. The van der Waals surface area contributed by atoms with E-state index in [2.05, 4.69) is 45.3 Å². The Labute approximate surface area is 141 Å². The minimum atomic E-state index is -0.696. The predicted molar refractivity (Wildman–Crippen MR) is 93.1 cm³/mol. The molecule has 1 aromatic heterocycles. The molecule has 0 bridgehead atoms. The van der Waals surface area contributed by atoms with Crippen molar-refractivity contribution in [1.29, 1.82) is 0 Å². The fraction of sp³-hybridized carbons (Fsp3) is 0.389. The first-order valence-corrected chi connectivity index (χ1v) is 8.22. The Morgan fingerprint density at radius 2 is 2.12 bits per heavy atom. The van der Waals surface area contributed by atoms with E-state index < -0.39 is 5.97 Å². The van der Waals surface area contributed by atoms with Crippen LogP contribution in [-0.4, -0.2) is 34.1 Å². The number of carboxylic acids is 1. The van der Waals surface area contributed by atoms with Gasteiger partial charge in [-0.1, -0.05) is 29.8 Å². The molecule has 2 N–H and O–H groups in total. The fourth-order valence-corrected chi connectivity index (χ4v) is 2.97. The van der Waals surface area contributed by atoms with E-state index in [1.54, 1.807) is 6.20 Å². The summed E-state index contributed by atoms with van der Waals surface area (Å²) in [4.78, 5) is 22.0.